The molecule has 34 heavy (non-hydrogen) atoms. The molecule has 11 heteroatoms. The lowest BCUT2D eigenvalue weighted by atomic mass is 9.92. The van der Waals surface area contributed by atoms with Gasteiger partial charge < -0.3 is 25.0 Å². The van der Waals surface area contributed by atoms with Crippen molar-refractivity contribution in [1.29, 1.82) is 0 Å². The number of amides is 2. The largest absolute Gasteiger partial charge is 0.497 e. The van der Waals surface area contributed by atoms with E-state index in [0.717, 1.165) is 0 Å². The number of carbonyl (C=O) groups excluding carboxylic acids is 3. The van der Waals surface area contributed by atoms with Gasteiger partial charge in [-0.25, -0.2) is 0 Å². The zero-order chi connectivity index (χ0) is 24.2. The Balaban J connectivity index is 1.52. The summed E-state index contributed by atoms with van der Waals surface area (Å²) in [5.41, 5.74) is 0.155. The Labute approximate surface area is 195 Å². The first kappa shape index (κ1) is 23.3. The Morgan fingerprint density at radius 2 is 1.88 bits per heavy atom. The van der Waals surface area contributed by atoms with Gasteiger partial charge in [0.2, 0.25) is 17.8 Å². The number of aromatic nitrogens is 2. The predicted octanol–water partition coefficient (Wildman–Crippen LogP) is 1.62. The molecule has 0 radical (unpaired) electrons. The third kappa shape index (κ3) is 4.87. The molecule has 0 unspecified atom stereocenters. The number of carbonyl (C=O) groups is 3. The molecule has 180 valence electrons. The summed E-state index contributed by atoms with van der Waals surface area (Å²) in [7, 11) is 1.54. The minimum Gasteiger partial charge on any atom is -0.497 e. The second kappa shape index (κ2) is 9.94. The van der Waals surface area contributed by atoms with E-state index in [1.807, 2.05) is 4.90 Å². The Kier molecular flexibility index (Phi) is 6.80. The molecule has 1 atom stereocenters. The summed E-state index contributed by atoms with van der Waals surface area (Å²) in [5, 5.41) is 5.37. The van der Waals surface area contributed by atoms with Gasteiger partial charge in [0, 0.05) is 25.2 Å². The maximum atomic E-state index is 13.0. The van der Waals surface area contributed by atoms with Crippen LogP contribution in [0.15, 0.2) is 29.1 Å². The van der Waals surface area contributed by atoms with Crippen LogP contribution in [-0.4, -0.2) is 54.6 Å². The van der Waals surface area contributed by atoms with Crippen LogP contribution >= 0.6 is 0 Å². The van der Waals surface area contributed by atoms with Gasteiger partial charge >= 0.3 is 5.97 Å². The zero-order valence-electron chi connectivity index (χ0n) is 19.1. The molecule has 2 aromatic rings. The highest BCUT2D eigenvalue weighted by Gasteiger charge is 2.36. The molecule has 2 amide bonds. The van der Waals surface area contributed by atoms with Crippen molar-refractivity contribution >= 4 is 35.2 Å². The summed E-state index contributed by atoms with van der Waals surface area (Å²) in [6, 6.07) is 6.74. The number of ether oxygens (including phenoxy) is 2. The van der Waals surface area contributed by atoms with Gasteiger partial charge in [0.15, 0.2) is 0 Å². The van der Waals surface area contributed by atoms with Crippen molar-refractivity contribution in [2.75, 3.05) is 42.3 Å². The fourth-order valence-corrected chi connectivity index (χ4v) is 4.22. The van der Waals surface area contributed by atoms with E-state index in [2.05, 4.69) is 20.6 Å². The standard InChI is InChI=1S/C23H27N5O6/c1-3-34-22(32)13-8-10-28(11-9-13)23-26-19-18(21(31)27-23)16(12-17(29)25-19)20(30)24-14-4-6-15(33-2)7-5-14/h4-7,13,16H,3,8-12H2,1-2H3,(H,24,30)(H2,25,26,27,29,31)/t16-/m1/s1. The molecule has 0 saturated carbocycles. The fraction of sp³-hybridized carbons (Fsp3) is 0.435. The first-order chi connectivity index (χ1) is 16.4. The maximum Gasteiger partial charge on any atom is 0.309 e. The van der Waals surface area contributed by atoms with E-state index >= 15 is 0 Å². The number of anilines is 3. The van der Waals surface area contributed by atoms with Crippen molar-refractivity contribution in [3.63, 3.8) is 0 Å². The lowest BCUT2D eigenvalue weighted by Crippen LogP contribution is -2.41. The summed E-state index contributed by atoms with van der Waals surface area (Å²) in [6.45, 7) is 3.11. The average molecular weight is 469 g/mol. The number of benzene rings is 1. The molecule has 1 fully saturated rings. The van der Waals surface area contributed by atoms with Crippen molar-refractivity contribution in [2.24, 2.45) is 5.92 Å². The topological polar surface area (TPSA) is 143 Å². The van der Waals surface area contributed by atoms with E-state index in [1.54, 1.807) is 38.3 Å². The molecule has 1 aromatic carbocycles. The molecule has 11 nitrogen and oxygen atoms in total. The summed E-state index contributed by atoms with van der Waals surface area (Å²) in [4.78, 5) is 59.3. The van der Waals surface area contributed by atoms with Crippen molar-refractivity contribution < 1.29 is 23.9 Å². The van der Waals surface area contributed by atoms with Gasteiger partial charge in [-0.1, -0.05) is 0 Å². The second-order valence-electron chi connectivity index (χ2n) is 8.19. The summed E-state index contributed by atoms with van der Waals surface area (Å²) in [5.74, 6) is -1.24. The van der Waals surface area contributed by atoms with Crippen LogP contribution < -0.4 is 25.8 Å². The highest BCUT2D eigenvalue weighted by atomic mass is 16.5. The van der Waals surface area contributed by atoms with E-state index in [9.17, 15) is 19.2 Å². The number of H-pyrrole nitrogens is 1. The molecule has 0 bridgehead atoms. The van der Waals surface area contributed by atoms with E-state index in [0.29, 0.717) is 49.9 Å². The molecular weight excluding hydrogens is 442 g/mol. The molecule has 1 aromatic heterocycles. The third-order valence-corrected chi connectivity index (χ3v) is 6.03. The summed E-state index contributed by atoms with van der Waals surface area (Å²) >= 11 is 0. The van der Waals surface area contributed by atoms with Gasteiger partial charge in [-0.3, -0.25) is 24.2 Å². The van der Waals surface area contributed by atoms with E-state index in [-0.39, 0.29) is 29.7 Å². The van der Waals surface area contributed by atoms with Gasteiger partial charge in [0.25, 0.3) is 5.56 Å². The minimum absolute atomic E-state index is 0.0809. The normalized spacial score (nSPS) is 18.0. The van der Waals surface area contributed by atoms with Gasteiger partial charge in [-0.05, 0) is 44.0 Å². The smallest absolute Gasteiger partial charge is 0.309 e. The lowest BCUT2D eigenvalue weighted by molar-refractivity contribution is -0.148. The van der Waals surface area contributed by atoms with Crippen LogP contribution in [0.4, 0.5) is 17.5 Å². The molecule has 0 aliphatic carbocycles. The molecule has 1 saturated heterocycles. The van der Waals surface area contributed by atoms with Crippen LogP contribution in [0, 0.1) is 5.92 Å². The Morgan fingerprint density at radius 1 is 1.18 bits per heavy atom. The Morgan fingerprint density at radius 3 is 2.53 bits per heavy atom. The summed E-state index contributed by atoms with van der Waals surface area (Å²) in [6.07, 6.45) is 0.974. The van der Waals surface area contributed by atoms with Gasteiger partial charge in [-0.15, -0.1) is 0 Å². The molecule has 2 aliphatic rings. The maximum absolute atomic E-state index is 13.0. The second-order valence-corrected chi connectivity index (χ2v) is 8.19. The summed E-state index contributed by atoms with van der Waals surface area (Å²) < 4.78 is 10.2. The van der Waals surface area contributed by atoms with Crippen molar-refractivity contribution in [1.82, 2.24) is 9.97 Å². The number of hydrogen-bond acceptors (Lipinski definition) is 8. The molecule has 0 spiro atoms. The van der Waals surface area contributed by atoms with Crippen LogP contribution in [-0.2, 0) is 19.1 Å². The molecule has 4 rings (SSSR count). The average Bonchev–Trinajstić information content (AvgIpc) is 2.84. The van der Waals surface area contributed by atoms with Gasteiger partial charge in [0.05, 0.1) is 31.1 Å². The SMILES string of the molecule is CCOC(=O)C1CCN(c2nc3c(c(=O)[nH]2)[C@H](C(=O)Nc2ccc(OC)cc2)CC(=O)N3)CC1. The lowest BCUT2D eigenvalue weighted by Gasteiger charge is -2.32. The highest BCUT2D eigenvalue weighted by Crippen LogP contribution is 2.31. The number of hydrogen-bond donors (Lipinski definition) is 3. The molecule has 2 aliphatic heterocycles. The van der Waals surface area contributed by atoms with Crippen LogP contribution in [0.2, 0.25) is 0 Å². The fourth-order valence-electron chi connectivity index (χ4n) is 4.22. The Bertz CT molecular complexity index is 1140. The number of fused-ring (bicyclic) bond motifs is 1. The van der Waals surface area contributed by atoms with Crippen molar-refractivity contribution in [3.8, 4) is 5.75 Å². The quantitative estimate of drug-likeness (QED) is 0.542. The number of methoxy groups -OCH3 is 1. The highest BCUT2D eigenvalue weighted by molar-refractivity contribution is 6.04. The van der Waals surface area contributed by atoms with Crippen molar-refractivity contribution in [3.05, 3.63) is 40.2 Å². The van der Waals surface area contributed by atoms with Crippen LogP contribution in [0.25, 0.3) is 0 Å². The number of esters is 1. The molecule has 3 heterocycles. The number of nitrogens with zero attached hydrogens (tertiary/aromatic N) is 2. The monoisotopic (exact) mass is 469 g/mol. The molecular formula is C23H27N5O6. The third-order valence-electron chi connectivity index (χ3n) is 6.03. The Hall–Kier alpha value is -3.89. The first-order valence-electron chi connectivity index (χ1n) is 11.2. The van der Waals surface area contributed by atoms with Gasteiger partial charge in [0.1, 0.15) is 11.6 Å². The van der Waals surface area contributed by atoms with Crippen LogP contribution in [0.1, 0.15) is 37.7 Å². The van der Waals surface area contributed by atoms with Gasteiger partial charge in [-0.2, -0.15) is 4.98 Å². The van der Waals surface area contributed by atoms with Crippen LogP contribution in [0.5, 0.6) is 5.75 Å². The number of rotatable bonds is 6. The van der Waals surface area contributed by atoms with E-state index in [1.165, 1.54) is 0 Å². The first-order valence-corrected chi connectivity index (χ1v) is 11.2. The van der Waals surface area contributed by atoms with E-state index < -0.39 is 23.3 Å². The number of aromatic amines is 1. The predicted molar refractivity (Wildman–Crippen MR) is 124 cm³/mol. The molecule has 3 N–H and O–H groups in total. The zero-order valence-corrected chi connectivity index (χ0v) is 19.1. The van der Waals surface area contributed by atoms with Crippen molar-refractivity contribution in [2.45, 2.75) is 32.1 Å². The van der Waals surface area contributed by atoms with E-state index in [4.69, 9.17) is 9.47 Å². The number of piperidine rings is 1. The number of nitrogens with one attached hydrogen (secondary N) is 3. The minimum atomic E-state index is -0.981. The van der Waals surface area contributed by atoms with Crippen LogP contribution in [0.3, 0.4) is 0 Å².